The van der Waals surface area contributed by atoms with Crippen molar-refractivity contribution in [2.75, 3.05) is 23.7 Å². The van der Waals surface area contributed by atoms with Crippen molar-refractivity contribution in [2.24, 2.45) is 0 Å². The molecule has 0 heterocycles. The van der Waals surface area contributed by atoms with E-state index >= 15 is 0 Å². The fraction of sp³-hybridized carbons (Fsp3) is 0.286. The Labute approximate surface area is 228 Å². The van der Waals surface area contributed by atoms with Crippen LogP contribution in [0, 0.1) is 5.82 Å². The van der Waals surface area contributed by atoms with Crippen LogP contribution in [0.3, 0.4) is 0 Å². The Kier molecular flexibility index (Phi) is 10.3. The molecule has 0 fully saturated rings. The van der Waals surface area contributed by atoms with Crippen molar-refractivity contribution >= 4 is 39.1 Å². The standard InChI is InChI=1S/C28H31ClFN3O4S/c1-3-17-31-28(35)26(18-21-9-5-4-6-10-21)32(19-22-11-7-8-12-25(22)29)27(34)20-33(38(2,36)37)24-15-13-23(30)14-16-24/h4-16,26H,3,17-20H2,1-2H3,(H,31,35)/t26-/m1/s1. The van der Waals surface area contributed by atoms with Gasteiger partial charge < -0.3 is 10.2 Å². The number of halogens is 2. The van der Waals surface area contributed by atoms with Gasteiger partial charge in [-0.05, 0) is 47.9 Å². The molecule has 0 saturated heterocycles. The summed E-state index contributed by atoms with van der Waals surface area (Å²) in [5.41, 5.74) is 1.58. The Morgan fingerprint density at radius 1 is 0.974 bits per heavy atom. The summed E-state index contributed by atoms with van der Waals surface area (Å²) < 4.78 is 39.8. The number of benzene rings is 3. The van der Waals surface area contributed by atoms with E-state index in [-0.39, 0.29) is 24.6 Å². The molecule has 0 aromatic heterocycles. The van der Waals surface area contributed by atoms with Crippen molar-refractivity contribution < 1.29 is 22.4 Å². The number of nitrogens with zero attached hydrogens (tertiary/aromatic N) is 2. The normalized spacial score (nSPS) is 12.0. The minimum absolute atomic E-state index is 0.0173. The molecule has 7 nitrogen and oxygen atoms in total. The van der Waals surface area contributed by atoms with Gasteiger partial charge >= 0.3 is 0 Å². The third kappa shape index (κ3) is 8.03. The first-order valence-corrected chi connectivity index (χ1v) is 14.4. The van der Waals surface area contributed by atoms with E-state index in [0.29, 0.717) is 23.6 Å². The number of carbonyl (C=O) groups is 2. The van der Waals surface area contributed by atoms with Crippen LogP contribution in [0.25, 0.3) is 0 Å². The molecule has 3 aromatic carbocycles. The molecule has 0 aliphatic heterocycles. The number of rotatable bonds is 12. The molecule has 2 amide bonds. The molecular weight excluding hydrogens is 529 g/mol. The molecule has 0 unspecified atom stereocenters. The van der Waals surface area contributed by atoms with Gasteiger partial charge in [0.1, 0.15) is 18.4 Å². The summed E-state index contributed by atoms with van der Waals surface area (Å²) in [5, 5.41) is 3.28. The van der Waals surface area contributed by atoms with Gasteiger partial charge in [-0.25, -0.2) is 12.8 Å². The molecule has 38 heavy (non-hydrogen) atoms. The smallest absolute Gasteiger partial charge is 0.244 e. The van der Waals surface area contributed by atoms with E-state index in [1.807, 2.05) is 37.3 Å². The van der Waals surface area contributed by atoms with Crippen molar-refractivity contribution in [3.63, 3.8) is 0 Å². The highest BCUT2D eigenvalue weighted by Gasteiger charge is 2.33. The van der Waals surface area contributed by atoms with Gasteiger partial charge in [-0.3, -0.25) is 13.9 Å². The summed E-state index contributed by atoms with van der Waals surface area (Å²) in [6.45, 7) is 1.74. The van der Waals surface area contributed by atoms with Gasteiger partial charge in [0, 0.05) is 24.5 Å². The fourth-order valence-electron chi connectivity index (χ4n) is 3.95. The summed E-state index contributed by atoms with van der Waals surface area (Å²) in [4.78, 5) is 28.7. The Morgan fingerprint density at radius 3 is 2.21 bits per heavy atom. The maximum Gasteiger partial charge on any atom is 0.244 e. The molecular formula is C28H31ClFN3O4S. The van der Waals surface area contributed by atoms with Crippen molar-refractivity contribution in [3.05, 3.63) is 101 Å². The Balaban J connectivity index is 2.04. The maximum atomic E-state index is 13.9. The van der Waals surface area contributed by atoms with Crippen LogP contribution in [0.2, 0.25) is 5.02 Å². The minimum atomic E-state index is -3.92. The quantitative estimate of drug-likeness (QED) is 0.356. The van der Waals surface area contributed by atoms with E-state index in [0.717, 1.165) is 28.3 Å². The third-order valence-electron chi connectivity index (χ3n) is 5.91. The Morgan fingerprint density at radius 2 is 1.61 bits per heavy atom. The third-order valence-corrected chi connectivity index (χ3v) is 7.42. The van der Waals surface area contributed by atoms with Crippen molar-refractivity contribution in [2.45, 2.75) is 32.4 Å². The highest BCUT2D eigenvalue weighted by atomic mass is 35.5. The second kappa shape index (κ2) is 13.4. The van der Waals surface area contributed by atoms with Gasteiger partial charge in [0.15, 0.2) is 0 Å². The molecule has 3 aromatic rings. The topological polar surface area (TPSA) is 86.8 Å². The fourth-order valence-corrected chi connectivity index (χ4v) is 5.00. The Hall–Kier alpha value is -3.43. The zero-order chi connectivity index (χ0) is 27.7. The van der Waals surface area contributed by atoms with Gasteiger partial charge in [0.2, 0.25) is 21.8 Å². The first-order valence-electron chi connectivity index (χ1n) is 12.2. The predicted molar refractivity (Wildman–Crippen MR) is 148 cm³/mol. The zero-order valence-electron chi connectivity index (χ0n) is 21.3. The van der Waals surface area contributed by atoms with Gasteiger partial charge in [-0.15, -0.1) is 0 Å². The summed E-state index contributed by atoms with van der Waals surface area (Å²) in [7, 11) is -3.92. The number of nitrogens with one attached hydrogen (secondary N) is 1. The largest absolute Gasteiger partial charge is 0.354 e. The van der Waals surface area contributed by atoms with Crippen LogP contribution in [-0.2, 0) is 32.6 Å². The van der Waals surface area contributed by atoms with Crippen molar-refractivity contribution in [1.29, 1.82) is 0 Å². The van der Waals surface area contributed by atoms with E-state index in [9.17, 15) is 22.4 Å². The molecule has 0 spiro atoms. The van der Waals surface area contributed by atoms with Crippen LogP contribution in [0.4, 0.5) is 10.1 Å². The average Bonchev–Trinajstić information content (AvgIpc) is 2.89. The van der Waals surface area contributed by atoms with Gasteiger partial charge in [0.05, 0.1) is 11.9 Å². The number of amides is 2. The lowest BCUT2D eigenvalue weighted by Crippen LogP contribution is -2.53. The van der Waals surface area contributed by atoms with Crippen LogP contribution in [0.1, 0.15) is 24.5 Å². The molecule has 3 rings (SSSR count). The number of anilines is 1. The van der Waals surface area contributed by atoms with E-state index in [1.165, 1.54) is 17.0 Å². The predicted octanol–water partition coefficient (Wildman–Crippen LogP) is 4.41. The van der Waals surface area contributed by atoms with E-state index in [2.05, 4.69) is 5.32 Å². The van der Waals surface area contributed by atoms with Crippen LogP contribution in [-0.4, -0.2) is 50.5 Å². The van der Waals surface area contributed by atoms with Gasteiger partial charge in [-0.1, -0.05) is 67.1 Å². The highest BCUT2D eigenvalue weighted by Crippen LogP contribution is 2.23. The second-order valence-corrected chi connectivity index (χ2v) is 11.2. The average molecular weight is 560 g/mol. The van der Waals surface area contributed by atoms with Gasteiger partial charge in [0.25, 0.3) is 0 Å². The van der Waals surface area contributed by atoms with E-state index in [1.54, 1.807) is 24.3 Å². The minimum Gasteiger partial charge on any atom is -0.354 e. The molecule has 1 N–H and O–H groups in total. The molecule has 1 atom stereocenters. The number of hydrogen-bond donors (Lipinski definition) is 1. The lowest BCUT2D eigenvalue weighted by atomic mass is 10.0. The summed E-state index contributed by atoms with van der Waals surface area (Å²) in [5.74, 6) is -1.50. The lowest BCUT2D eigenvalue weighted by Gasteiger charge is -2.33. The molecule has 0 aliphatic rings. The second-order valence-electron chi connectivity index (χ2n) is 8.86. The zero-order valence-corrected chi connectivity index (χ0v) is 22.9. The molecule has 0 aliphatic carbocycles. The number of hydrogen-bond acceptors (Lipinski definition) is 4. The molecule has 202 valence electrons. The van der Waals surface area contributed by atoms with Crippen LogP contribution in [0.15, 0.2) is 78.9 Å². The lowest BCUT2D eigenvalue weighted by molar-refractivity contribution is -0.140. The summed E-state index contributed by atoms with van der Waals surface area (Å²) >= 11 is 6.41. The van der Waals surface area contributed by atoms with Crippen molar-refractivity contribution in [3.8, 4) is 0 Å². The first-order chi connectivity index (χ1) is 18.1. The van der Waals surface area contributed by atoms with E-state index < -0.39 is 34.3 Å². The molecule has 10 heteroatoms. The summed E-state index contributed by atoms with van der Waals surface area (Å²) in [6, 6.07) is 20.1. The van der Waals surface area contributed by atoms with Crippen molar-refractivity contribution in [1.82, 2.24) is 10.2 Å². The molecule has 0 radical (unpaired) electrons. The van der Waals surface area contributed by atoms with Crippen LogP contribution in [0.5, 0.6) is 0 Å². The number of sulfonamides is 1. The SMILES string of the molecule is CCCNC(=O)[C@@H](Cc1ccccc1)N(Cc1ccccc1Cl)C(=O)CN(c1ccc(F)cc1)S(C)(=O)=O. The monoisotopic (exact) mass is 559 g/mol. The highest BCUT2D eigenvalue weighted by molar-refractivity contribution is 7.92. The molecule has 0 bridgehead atoms. The Bertz CT molecular complexity index is 1340. The van der Waals surface area contributed by atoms with E-state index in [4.69, 9.17) is 11.6 Å². The number of carbonyl (C=O) groups excluding carboxylic acids is 2. The van der Waals surface area contributed by atoms with Crippen LogP contribution >= 0.6 is 11.6 Å². The summed E-state index contributed by atoms with van der Waals surface area (Å²) in [6.07, 6.45) is 1.88. The maximum absolute atomic E-state index is 13.9. The van der Waals surface area contributed by atoms with Crippen LogP contribution < -0.4 is 9.62 Å². The first kappa shape index (κ1) is 29.1. The van der Waals surface area contributed by atoms with Gasteiger partial charge in [-0.2, -0.15) is 0 Å². The molecule has 0 saturated carbocycles.